The standard InChI is InChI=1S/C9H8BrClO3/c1-5(9(12)13)14-8-3-2-6(11)4-7(8)10/h2-5H,1H3,(H,12,13)/p-1/t5-/m0/s1. The number of carbonyl (C=O) groups is 1. The first-order valence-corrected chi connectivity index (χ1v) is 5.00. The Morgan fingerprint density at radius 2 is 2.29 bits per heavy atom. The van der Waals surface area contributed by atoms with E-state index in [1.807, 2.05) is 0 Å². The summed E-state index contributed by atoms with van der Waals surface area (Å²) in [5.41, 5.74) is 0. The number of benzene rings is 1. The second-order valence-corrected chi connectivity index (χ2v) is 3.94. The van der Waals surface area contributed by atoms with Crippen LogP contribution in [-0.2, 0) is 4.79 Å². The molecule has 1 rings (SSSR count). The van der Waals surface area contributed by atoms with Crippen LogP contribution >= 0.6 is 27.5 Å². The molecule has 0 aliphatic heterocycles. The van der Waals surface area contributed by atoms with Gasteiger partial charge in [-0.25, -0.2) is 0 Å². The van der Waals surface area contributed by atoms with Crippen molar-refractivity contribution in [1.29, 1.82) is 0 Å². The number of hydrogen-bond acceptors (Lipinski definition) is 3. The SMILES string of the molecule is C[C@H](Oc1ccc(Cl)cc1Br)C(=O)[O-]. The first-order valence-electron chi connectivity index (χ1n) is 3.83. The molecular formula is C9H7BrClO3-. The van der Waals surface area contributed by atoms with E-state index >= 15 is 0 Å². The predicted octanol–water partition coefficient (Wildman–Crippen LogP) is 1.62. The van der Waals surface area contributed by atoms with Gasteiger partial charge in [0.2, 0.25) is 0 Å². The van der Waals surface area contributed by atoms with Crippen LogP contribution in [0.15, 0.2) is 22.7 Å². The van der Waals surface area contributed by atoms with Crippen molar-refractivity contribution in [1.82, 2.24) is 0 Å². The largest absolute Gasteiger partial charge is 0.546 e. The minimum absolute atomic E-state index is 0.422. The van der Waals surface area contributed by atoms with Gasteiger partial charge in [-0.2, -0.15) is 0 Å². The predicted molar refractivity (Wildman–Crippen MR) is 54.2 cm³/mol. The van der Waals surface area contributed by atoms with Gasteiger partial charge in [0, 0.05) is 5.02 Å². The maximum Gasteiger partial charge on any atom is 0.135 e. The summed E-state index contributed by atoms with van der Waals surface area (Å²) < 4.78 is 5.70. The van der Waals surface area contributed by atoms with Crippen LogP contribution in [0.25, 0.3) is 0 Å². The van der Waals surface area contributed by atoms with Crippen LogP contribution in [0.1, 0.15) is 6.92 Å². The summed E-state index contributed by atoms with van der Waals surface area (Å²) in [6, 6.07) is 4.83. The van der Waals surface area contributed by atoms with Gasteiger partial charge < -0.3 is 14.6 Å². The van der Waals surface area contributed by atoms with E-state index in [2.05, 4.69) is 15.9 Å². The summed E-state index contributed by atoms with van der Waals surface area (Å²) in [5, 5.41) is 11.0. The van der Waals surface area contributed by atoms with E-state index in [4.69, 9.17) is 16.3 Å². The second-order valence-electron chi connectivity index (χ2n) is 2.65. The molecular weight excluding hydrogens is 271 g/mol. The highest BCUT2D eigenvalue weighted by Crippen LogP contribution is 2.28. The van der Waals surface area contributed by atoms with Crippen LogP contribution in [0, 0.1) is 0 Å². The Balaban J connectivity index is 2.82. The third-order valence-electron chi connectivity index (χ3n) is 1.53. The van der Waals surface area contributed by atoms with Crippen LogP contribution < -0.4 is 9.84 Å². The van der Waals surface area contributed by atoms with Gasteiger partial charge in [0.1, 0.15) is 11.9 Å². The van der Waals surface area contributed by atoms with Crippen molar-refractivity contribution < 1.29 is 14.6 Å². The van der Waals surface area contributed by atoms with Crippen LogP contribution in [0.5, 0.6) is 5.75 Å². The fourth-order valence-electron chi connectivity index (χ4n) is 0.809. The van der Waals surface area contributed by atoms with E-state index in [9.17, 15) is 9.90 Å². The van der Waals surface area contributed by atoms with Crippen molar-refractivity contribution in [3.05, 3.63) is 27.7 Å². The number of rotatable bonds is 3. The van der Waals surface area contributed by atoms with Crippen LogP contribution in [0.4, 0.5) is 0 Å². The van der Waals surface area contributed by atoms with E-state index in [-0.39, 0.29) is 0 Å². The Bertz CT molecular complexity index is 354. The summed E-state index contributed by atoms with van der Waals surface area (Å²) in [4.78, 5) is 10.4. The quantitative estimate of drug-likeness (QED) is 0.844. The molecule has 0 amide bonds. The maximum atomic E-state index is 10.4. The molecule has 1 aromatic rings. The molecule has 0 saturated carbocycles. The fraction of sp³-hybridized carbons (Fsp3) is 0.222. The average molecular weight is 279 g/mol. The van der Waals surface area contributed by atoms with Gasteiger partial charge in [0.05, 0.1) is 10.4 Å². The Morgan fingerprint density at radius 1 is 1.64 bits per heavy atom. The van der Waals surface area contributed by atoms with Crippen molar-refractivity contribution in [2.75, 3.05) is 0 Å². The zero-order chi connectivity index (χ0) is 10.7. The minimum atomic E-state index is -1.26. The summed E-state index contributed by atoms with van der Waals surface area (Å²) in [6.45, 7) is 1.40. The van der Waals surface area contributed by atoms with Gasteiger partial charge >= 0.3 is 0 Å². The summed E-state index contributed by atoms with van der Waals surface area (Å²) in [5.74, 6) is -0.835. The molecule has 0 unspecified atom stereocenters. The van der Waals surface area contributed by atoms with E-state index in [0.717, 1.165) is 0 Å². The molecule has 0 fully saturated rings. The minimum Gasteiger partial charge on any atom is -0.546 e. The normalized spacial score (nSPS) is 12.2. The first kappa shape index (κ1) is 11.3. The number of carbonyl (C=O) groups excluding carboxylic acids is 1. The van der Waals surface area contributed by atoms with E-state index in [1.54, 1.807) is 18.2 Å². The molecule has 0 N–H and O–H groups in total. The highest BCUT2D eigenvalue weighted by Gasteiger charge is 2.07. The Kier molecular flexibility index (Phi) is 3.77. The monoisotopic (exact) mass is 277 g/mol. The fourth-order valence-corrected chi connectivity index (χ4v) is 1.59. The van der Waals surface area contributed by atoms with Gasteiger partial charge in [-0.1, -0.05) is 11.6 Å². The van der Waals surface area contributed by atoms with Crippen LogP contribution in [0.2, 0.25) is 5.02 Å². The van der Waals surface area contributed by atoms with E-state index < -0.39 is 12.1 Å². The third-order valence-corrected chi connectivity index (χ3v) is 2.38. The van der Waals surface area contributed by atoms with Crippen molar-refractivity contribution in [2.45, 2.75) is 13.0 Å². The molecule has 0 spiro atoms. The lowest BCUT2D eigenvalue weighted by molar-refractivity contribution is -0.312. The van der Waals surface area contributed by atoms with Gasteiger partial charge in [-0.15, -0.1) is 0 Å². The van der Waals surface area contributed by atoms with Gasteiger partial charge in [0.25, 0.3) is 0 Å². The topological polar surface area (TPSA) is 49.4 Å². The second kappa shape index (κ2) is 4.66. The van der Waals surface area contributed by atoms with Crippen molar-refractivity contribution in [2.24, 2.45) is 0 Å². The third kappa shape index (κ3) is 2.89. The number of carboxylic acids is 1. The van der Waals surface area contributed by atoms with Crippen LogP contribution in [-0.4, -0.2) is 12.1 Å². The van der Waals surface area contributed by atoms with Gasteiger partial charge in [-0.05, 0) is 41.1 Å². The number of ether oxygens (including phenoxy) is 1. The molecule has 0 radical (unpaired) electrons. The van der Waals surface area contributed by atoms with Gasteiger partial charge in [0.15, 0.2) is 0 Å². The highest BCUT2D eigenvalue weighted by atomic mass is 79.9. The summed E-state index contributed by atoms with van der Waals surface area (Å²) in [7, 11) is 0. The molecule has 0 aliphatic rings. The lowest BCUT2D eigenvalue weighted by atomic mass is 10.3. The lowest BCUT2D eigenvalue weighted by Crippen LogP contribution is -2.37. The van der Waals surface area contributed by atoms with Crippen molar-refractivity contribution >= 4 is 33.5 Å². The zero-order valence-corrected chi connectivity index (χ0v) is 9.63. The molecule has 76 valence electrons. The van der Waals surface area contributed by atoms with E-state index in [1.165, 1.54) is 6.92 Å². The molecule has 1 atom stereocenters. The molecule has 0 saturated heterocycles. The smallest absolute Gasteiger partial charge is 0.135 e. The number of aliphatic carboxylic acids is 1. The van der Waals surface area contributed by atoms with Crippen molar-refractivity contribution in [3.63, 3.8) is 0 Å². The Hall–Kier alpha value is -0.740. The Labute approximate surface area is 94.8 Å². The maximum absolute atomic E-state index is 10.4. The number of carboxylic acid groups (broad SMARTS) is 1. The molecule has 0 bridgehead atoms. The average Bonchev–Trinajstić information content (AvgIpc) is 2.09. The molecule has 0 aromatic heterocycles. The molecule has 1 aromatic carbocycles. The molecule has 14 heavy (non-hydrogen) atoms. The highest BCUT2D eigenvalue weighted by molar-refractivity contribution is 9.10. The van der Waals surface area contributed by atoms with Crippen LogP contribution in [0.3, 0.4) is 0 Å². The number of halogens is 2. The molecule has 0 heterocycles. The van der Waals surface area contributed by atoms with Crippen molar-refractivity contribution in [3.8, 4) is 5.75 Å². The molecule has 5 heteroatoms. The first-order chi connectivity index (χ1) is 6.50. The van der Waals surface area contributed by atoms with Gasteiger partial charge in [-0.3, -0.25) is 0 Å². The lowest BCUT2D eigenvalue weighted by Gasteiger charge is -2.16. The molecule has 0 aliphatic carbocycles. The number of hydrogen-bond donors (Lipinski definition) is 0. The van der Waals surface area contributed by atoms with E-state index in [0.29, 0.717) is 15.2 Å². The molecule has 3 nitrogen and oxygen atoms in total. The Morgan fingerprint density at radius 3 is 2.79 bits per heavy atom. The summed E-state index contributed by atoms with van der Waals surface area (Å²) >= 11 is 8.90. The summed E-state index contributed by atoms with van der Waals surface area (Å²) in [6.07, 6.45) is -0.993. The zero-order valence-electron chi connectivity index (χ0n) is 7.29.